The van der Waals surface area contributed by atoms with Crippen molar-refractivity contribution in [3.63, 3.8) is 0 Å². The van der Waals surface area contributed by atoms with Crippen LogP contribution in [0.25, 0.3) is 39.4 Å². The van der Waals surface area contributed by atoms with Crippen molar-refractivity contribution in [1.82, 2.24) is 19.6 Å². The van der Waals surface area contributed by atoms with E-state index in [1.54, 1.807) is 0 Å². The fourth-order valence-electron chi connectivity index (χ4n) is 3.53. The van der Waals surface area contributed by atoms with Gasteiger partial charge in [0.2, 0.25) is 0 Å². The molecule has 5 rings (SSSR count). The molecule has 0 aliphatic carbocycles. The van der Waals surface area contributed by atoms with Crippen LogP contribution in [0, 0.1) is 13.8 Å². The summed E-state index contributed by atoms with van der Waals surface area (Å²) in [6.07, 6.45) is 0. The van der Waals surface area contributed by atoms with Crippen molar-refractivity contribution in [2.24, 2.45) is 0 Å². The number of nitrogens with zero attached hydrogens (tertiary/aromatic N) is 4. The summed E-state index contributed by atoms with van der Waals surface area (Å²) in [5.74, 6) is 0.620. The van der Waals surface area contributed by atoms with Crippen LogP contribution in [0.15, 0.2) is 84.9 Å². The lowest BCUT2D eigenvalue weighted by Crippen LogP contribution is -2.02. The summed E-state index contributed by atoms with van der Waals surface area (Å²) < 4.78 is 1.86. The predicted molar refractivity (Wildman–Crippen MR) is 117 cm³/mol. The molecule has 0 amide bonds. The Bertz CT molecular complexity index is 1290. The third-order valence-corrected chi connectivity index (χ3v) is 5.19. The summed E-state index contributed by atoms with van der Waals surface area (Å²) in [7, 11) is 0. The van der Waals surface area contributed by atoms with Gasteiger partial charge in [0, 0.05) is 11.1 Å². The van der Waals surface area contributed by atoms with Gasteiger partial charge in [0.25, 0.3) is 5.78 Å². The summed E-state index contributed by atoms with van der Waals surface area (Å²) in [5, 5.41) is 4.75. The molecule has 0 N–H and O–H groups in total. The van der Waals surface area contributed by atoms with Crippen molar-refractivity contribution in [3.05, 3.63) is 96.3 Å². The van der Waals surface area contributed by atoms with Gasteiger partial charge in [0.05, 0.1) is 11.4 Å². The average molecular weight is 376 g/mol. The van der Waals surface area contributed by atoms with E-state index in [0.29, 0.717) is 5.78 Å². The summed E-state index contributed by atoms with van der Waals surface area (Å²) in [6, 6.07) is 29.2. The highest BCUT2D eigenvalue weighted by molar-refractivity contribution is 5.82. The fraction of sp³-hybridized carbons (Fsp3) is 0.0800. The highest BCUT2D eigenvalue weighted by atomic mass is 15.3. The van der Waals surface area contributed by atoms with Crippen LogP contribution in [-0.4, -0.2) is 19.6 Å². The largest absolute Gasteiger partial charge is 0.252 e. The second kappa shape index (κ2) is 6.99. The van der Waals surface area contributed by atoms with Gasteiger partial charge in [-0.25, -0.2) is 9.97 Å². The Morgan fingerprint density at radius 1 is 0.552 bits per heavy atom. The first kappa shape index (κ1) is 17.3. The van der Waals surface area contributed by atoms with Gasteiger partial charge in [-0.15, -0.1) is 0 Å². The summed E-state index contributed by atoms with van der Waals surface area (Å²) in [4.78, 5) is 9.52. The molecule has 0 fully saturated rings. The molecule has 0 aliphatic heterocycles. The topological polar surface area (TPSA) is 43.1 Å². The van der Waals surface area contributed by atoms with Crippen LogP contribution in [0.3, 0.4) is 0 Å². The molecule has 0 bridgehead atoms. The van der Waals surface area contributed by atoms with Gasteiger partial charge in [-0.05, 0) is 25.0 Å². The van der Waals surface area contributed by atoms with Crippen LogP contribution in [-0.2, 0) is 0 Å². The standard InChI is InChI=1S/C25H20N4/c1-17-18(2)28-29-24(22-11-7-4-8-12-22)23(27-25(29)26-17)21-15-13-20(14-16-21)19-9-5-3-6-10-19/h3-16H,1-2H3. The van der Waals surface area contributed by atoms with Gasteiger partial charge < -0.3 is 0 Å². The Labute approximate surface area is 169 Å². The van der Waals surface area contributed by atoms with E-state index >= 15 is 0 Å². The molecular weight excluding hydrogens is 356 g/mol. The van der Waals surface area contributed by atoms with E-state index in [2.05, 4.69) is 65.6 Å². The van der Waals surface area contributed by atoms with Gasteiger partial charge in [0.1, 0.15) is 11.4 Å². The zero-order valence-corrected chi connectivity index (χ0v) is 16.4. The number of aromatic nitrogens is 4. The summed E-state index contributed by atoms with van der Waals surface area (Å²) in [6.45, 7) is 3.94. The van der Waals surface area contributed by atoms with Crippen molar-refractivity contribution in [2.75, 3.05) is 0 Å². The van der Waals surface area contributed by atoms with E-state index in [0.717, 1.165) is 33.9 Å². The van der Waals surface area contributed by atoms with Crippen molar-refractivity contribution in [2.45, 2.75) is 13.8 Å². The van der Waals surface area contributed by atoms with Crippen LogP contribution in [0.2, 0.25) is 0 Å². The number of fused-ring (bicyclic) bond motifs is 1. The number of hydrogen-bond donors (Lipinski definition) is 0. The molecule has 2 heterocycles. The van der Waals surface area contributed by atoms with E-state index in [1.165, 1.54) is 11.1 Å². The van der Waals surface area contributed by atoms with Gasteiger partial charge in [-0.2, -0.15) is 9.61 Å². The third-order valence-electron chi connectivity index (χ3n) is 5.19. The second-order valence-electron chi connectivity index (χ2n) is 7.11. The molecule has 29 heavy (non-hydrogen) atoms. The maximum Gasteiger partial charge on any atom is 0.252 e. The van der Waals surface area contributed by atoms with E-state index in [4.69, 9.17) is 10.1 Å². The molecule has 0 atom stereocenters. The van der Waals surface area contributed by atoms with Crippen LogP contribution in [0.4, 0.5) is 0 Å². The smallest absolute Gasteiger partial charge is 0.215 e. The zero-order chi connectivity index (χ0) is 19.8. The molecule has 0 saturated carbocycles. The van der Waals surface area contributed by atoms with Crippen LogP contribution in [0.5, 0.6) is 0 Å². The minimum absolute atomic E-state index is 0.620. The van der Waals surface area contributed by atoms with Gasteiger partial charge >= 0.3 is 0 Å². The third kappa shape index (κ3) is 3.09. The van der Waals surface area contributed by atoms with Crippen molar-refractivity contribution in [1.29, 1.82) is 0 Å². The first-order valence-electron chi connectivity index (χ1n) is 9.66. The maximum atomic E-state index is 4.85. The molecule has 0 aliphatic rings. The lowest BCUT2D eigenvalue weighted by molar-refractivity contribution is 0.854. The Kier molecular flexibility index (Phi) is 4.17. The van der Waals surface area contributed by atoms with Gasteiger partial charge in [-0.3, -0.25) is 0 Å². The molecule has 4 heteroatoms. The average Bonchev–Trinajstić information content (AvgIpc) is 3.13. The monoisotopic (exact) mass is 376 g/mol. The first-order valence-corrected chi connectivity index (χ1v) is 9.66. The Morgan fingerprint density at radius 3 is 1.76 bits per heavy atom. The van der Waals surface area contributed by atoms with E-state index < -0.39 is 0 Å². The number of benzene rings is 3. The predicted octanol–water partition coefficient (Wildman–Crippen LogP) is 5.74. The Hall–Kier alpha value is -3.79. The molecule has 0 radical (unpaired) electrons. The van der Waals surface area contributed by atoms with Crippen LogP contribution >= 0.6 is 0 Å². The van der Waals surface area contributed by atoms with Gasteiger partial charge in [0.15, 0.2) is 0 Å². The molecule has 0 unspecified atom stereocenters. The minimum Gasteiger partial charge on any atom is -0.215 e. The molecule has 4 nitrogen and oxygen atoms in total. The molecule has 5 aromatic rings. The van der Waals surface area contributed by atoms with Crippen LogP contribution in [0.1, 0.15) is 11.4 Å². The molecular formula is C25H20N4. The molecule has 140 valence electrons. The fourth-order valence-corrected chi connectivity index (χ4v) is 3.53. The Balaban J connectivity index is 1.70. The first-order chi connectivity index (χ1) is 14.2. The van der Waals surface area contributed by atoms with Crippen LogP contribution < -0.4 is 0 Å². The normalized spacial score (nSPS) is 11.1. The van der Waals surface area contributed by atoms with Gasteiger partial charge in [-0.1, -0.05) is 84.9 Å². The zero-order valence-electron chi connectivity index (χ0n) is 16.4. The molecule has 0 saturated heterocycles. The van der Waals surface area contributed by atoms with E-state index in [9.17, 15) is 0 Å². The molecule has 2 aromatic heterocycles. The summed E-state index contributed by atoms with van der Waals surface area (Å²) in [5.41, 5.74) is 8.15. The number of aryl methyl sites for hydroxylation is 2. The molecule has 3 aromatic carbocycles. The highest BCUT2D eigenvalue weighted by Crippen LogP contribution is 2.33. The highest BCUT2D eigenvalue weighted by Gasteiger charge is 2.18. The molecule has 0 spiro atoms. The van der Waals surface area contributed by atoms with Crippen molar-refractivity contribution in [3.8, 4) is 33.6 Å². The van der Waals surface area contributed by atoms with E-state index in [-0.39, 0.29) is 0 Å². The second-order valence-corrected chi connectivity index (χ2v) is 7.11. The minimum atomic E-state index is 0.620. The number of hydrogen-bond acceptors (Lipinski definition) is 3. The quantitative estimate of drug-likeness (QED) is 0.403. The maximum absolute atomic E-state index is 4.85. The lowest BCUT2D eigenvalue weighted by atomic mass is 10.0. The Morgan fingerprint density at radius 2 is 1.10 bits per heavy atom. The van der Waals surface area contributed by atoms with E-state index in [1.807, 2.05) is 42.6 Å². The van der Waals surface area contributed by atoms with Crippen molar-refractivity contribution < 1.29 is 0 Å². The number of rotatable bonds is 3. The summed E-state index contributed by atoms with van der Waals surface area (Å²) >= 11 is 0. The SMILES string of the molecule is Cc1nc2nc(-c3ccc(-c4ccccc4)cc3)c(-c3ccccc3)n2nc1C. The number of imidazole rings is 1. The van der Waals surface area contributed by atoms with Crippen molar-refractivity contribution >= 4 is 5.78 Å². The lowest BCUT2D eigenvalue weighted by Gasteiger charge is -2.07.